The van der Waals surface area contributed by atoms with E-state index in [1.165, 1.54) is 0 Å². The van der Waals surface area contributed by atoms with Crippen LogP contribution in [0.1, 0.15) is 24.8 Å². The zero-order valence-corrected chi connectivity index (χ0v) is 11.3. The van der Waals surface area contributed by atoms with Crippen molar-refractivity contribution >= 4 is 5.91 Å². The molecule has 0 atom stereocenters. The van der Waals surface area contributed by atoms with Crippen LogP contribution < -0.4 is 0 Å². The van der Waals surface area contributed by atoms with Gasteiger partial charge in [0.05, 0.1) is 0 Å². The van der Waals surface area contributed by atoms with Crippen LogP contribution in [0.5, 0.6) is 0 Å². The van der Waals surface area contributed by atoms with Crippen molar-refractivity contribution in [1.29, 1.82) is 0 Å². The van der Waals surface area contributed by atoms with Crippen molar-refractivity contribution in [2.45, 2.75) is 25.7 Å². The fraction of sp³-hybridized carbons (Fsp3) is 0.533. The first-order chi connectivity index (χ1) is 9.60. The Morgan fingerprint density at radius 1 is 1.30 bits per heavy atom. The van der Waals surface area contributed by atoms with Crippen molar-refractivity contribution in [3.05, 3.63) is 35.4 Å². The average Bonchev–Trinajstić information content (AvgIpc) is 2.48. The Morgan fingerprint density at radius 2 is 2.00 bits per heavy atom. The van der Waals surface area contributed by atoms with E-state index in [0.29, 0.717) is 13.1 Å². The number of amides is 1. The van der Waals surface area contributed by atoms with Crippen LogP contribution in [-0.2, 0) is 11.2 Å². The van der Waals surface area contributed by atoms with Gasteiger partial charge in [0.15, 0.2) is 0 Å². The molecule has 1 aromatic carbocycles. The van der Waals surface area contributed by atoms with Gasteiger partial charge in [0.25, 0.3) is 0 Å². The Balaban J connectivity index is 1.85. The number of rotatable bonds is 4. The van der Waals surface area contributed by atoms with Crippen molar-refractivity contribution in [2.24, 2.45) is 5.92 Å². The van der Waals surface area contributed by atoms with Crippen molar-refractivity contribution < 1.29 is 18.7 Å². The summed E-state index contributed by atoms with van der Waals surface area (Å²) in [4.78, 5) is 13.7. The highest BCUT2D eigenvalue weighted by Crippen LogP contribution is 2.18. The molecule has 1 aliphatic heterocycles. The van der Waals surface area contributed by atoms with E-state index >= 15 is 0 Å². The normalized spacial score (nSPS) is 16.4. The fourth-order valence-electron chi connectivity index (χ4n) is 2.50. The van der Waals surface area contributed by atoms with E-state index in [9.17, 15) is 13.6 Å². The number of hydrogen-bond donors (Lipinski definition) is 1. The Bertz CT molecular complexity index is 471. The summed E-state index contributed by atoms with van der Waals surface area (Å²) >= 11 is 0. The Hall–Kier alpha value is -1.49. The van der Waals surface area contributed by atoms with Gasteiger partial charge >= 0.3 is 0 Å². The number of aliphatic hydroxyl groups is 1. The summed E-state index contributed by atoms with van der Waals surface area (Å²) in [6.45, 7) is 1.43. The molecule has 1 aromatic rings. The molecule has 0 unspecified atom stereocenters. The number of carbonyl (C=O) groups excluding carboxylic acids is 1. The van der Waals surface area contributed by atoms with Crippen LogP contribution in [-0.4, -0.2) is 35.6 Å². The first-order valence-corrected chi connectivity index (χ1v) is 6.92. The molecule has 0 radical (unpaired) electrons. The maximum absolute atomic E-state index is 13.4. The second kappa shape index (κ2) is 6.79. The number of nitrogens with zero attached hydrogens (tertiary/aromatic N) is 1. The largest absolute Gasteiger partial charge is 0.396 e. The second-order valence-corrected chi connectivity index (χ2v) is 5.24. The first kappa shape index (κ1) is 14.9. The SMILES string of the molecule is O=C(CCc1cc(F)ccc1F)N1CCC(CO)CC1. The summed E-state index contributed by atoms with van der Waals surface area (Å²) in [5.74, 6) is -0.722. The number of carbonyl (C=O) groups is 1. The van der Waals surface area contributed by atoms with Crippen LogP contribution in [0.3, 0.4) is 0 Å². The number of halogens is 2. The molecule has 1 fully saturated rings. The van der Waals surface area contributed by atoms with Gasteiger partial charge in [-0.1, -0.05) is 0 Å². The maximum Gasteiger partial charge on any atom is 0.222 e. The molecule has 2 rings (SSSR count). The Kier molecular flexibility index (Phi) is 5.06. The smallest absolute Gasteiger partial charge is 0.222 e. The number of hydrogen-bond acceptors (Lipinski definition) is 2. The number of aryl methyl sites for hydroxylation is 1. The highest BCUT2D eigenvalue weighted by atomic mass is 19.1. The third-order valence-electron chi connectivity index (χ3n) is 3.84. The molecule has 0 bridgehead atoms. The van der Waals surface area contributed by atoms with Crippen LogP contribution in [0.15, 0.2) is 18.2 Å². The molecule has 0 aromatic heterocycles. The minimum absolute atomic E-state index is 0.0370. The molecule has 1 N–H and O–H groups in total. The molecular formula is C15H19F2NO2. The Morgan fingerprint density at radius 3 is 2.65 bits per heavy atom. The predicted molar refractivity (Wildman–Crippen MR) is 71.1 cm³/mol. The lowest BCUT2D eigenvalue weighted by molar-refractivity contribution is -0.132. The molecule has 0 saturated carbocycles. The van der Waals surface area contributed by atoms with E-state index in [0.717, 1.165) is 31.0 Å². The van der Waals surface area contributed by atoms with Gasteiger partial charge in [0.1, 0.15) is 11.6 Å². The second-order valence-electron chi connectivity index (χ2n) is 5.24. The highest BCUT2D eigenvalue weighted by Gasteiger charge is 2.22. The zero-order valence-electron chi connectivity index (χ0n) is 11.3. The molecule has 110 valence electrons. The van der Waals surface area contributed by atoms with E-state index in [4.69, 9.17) is 5.11 Å². The van der Waals surface area contributed by atoms with Crippen LogP contribution in [0.4, 0.5) is 8.78 Å². The fourth-order valence-corrected chi connectivity index (χ4v) is 2.50. The molecule has 1 saturated heterocycles. The van der Waals surface area contributed by atoms with E-state index in [2.05, 4.69) is 0 Å². The van der Waals surface area contributed by atoms with E-state index in [1.807, 2.05) is 0 Å². The molecular weight excluding hydrogens is 264 g/mol. The summed E-state index contributed by atoms with van der Waals surface area (Å²) in [5, 5.41) is 9.04. The molecule has 1 heterocycles. The van der Waals surface area contributed by atoms with Gasteiger partial charge in [-0.15, -0.1) is 0 Å². The molecule has 20 heavy (non-hydrogen) atoms. The maximum atomic E-state index is 13.4. The number of benzene rings is 1. The summed E-state index contributed by atoms with van der Waals surface area (Å²) in [6.07, 6.45) is 2.00. The van der Waals surface area contributed by atoms with Crippen molar-refractivity contribution in [2.75, 3.05) is 19.7 Å². The van der Waals surface area contributed by atoms with Crippen LogP contribution in [0.25, 0.3) is 0 Å². The van der Waals surface area contributed by atoms with Crippen molar-refractivity contribution in [1.82, 2.24) is 4.90 Å². The van der Waals surface area contributed by atoms with E-state index < -0.39 is 11.6 Å². The van der Waals surface area contributed by atoms with Crippen LogP contribution in [0, 0.1) is 17.6 Å². The lowest BCUT2D eigenvalue weighted by atomic mass is 9.97. The zero-order chi connectivity index (χ0) is 14.5. The van der Waals surface area contributed by atoms with Gasteiger partial charge in [0.2, 0.25) is 5.91 Å². The first-order valence-electron chi connectivity index (χ1n) is 6.92. The van der Waals surface area contributed by atoms with Gasteiger partial charge < -0.3 is 10.0 Å². The molecule has 1 aliphatic rings. The third kappa shape index (κ3) is 3.76. The average molecular weight is 283 g/mol. The molecule has 0 spiro atoms. The predicted octanol–water partition coefficient (Wildman–Crippen LogP) is 2.13. The van der Waals surface area contributed by atoms with E-state index in [-0.39, 0.29) is 36.8 Å². The molecule has 5 heteroatoms. The molecule has 1 amide bonds. The summed E-state index contributed by atoms with van der Waals surface area (Å²) in [7, 11) is 0. The summed E-state index contributed by atoms with van der Waals surface area (Å²) in [5.41, 5.74) is 0.239. The van der Waals surface area contributed by atoms with Gasteiger partial charge in [-0.05, 0) is 48.9 Å². The summed E-state index contributed by atoms with van der Waals surface area (Å²) in [6, 6.07) is 3.29. The van der Waals surface area contributed by atoms with E-state index in [1.54, 1.807) is 4.90 Å². The van der Waals surface area contributed by atoms with Gasteiger partial charge in [0, 0.05) is 26.1 Å². The molecule has 3 nitrogen and oxygen atoms in total. The third-order valence-corrected chi connectivity index (χ3v) is 3.84. The standard InChI is InChI=1S/C15H19F2NO2/c16-13-2-3-14(17)12(9-13)1-4-15(20)18-7-5-11(10-19)6-8-18/h2-3,9,11,19H,1,4-8,10H2. The Labute approximate surface area is 117 Å². The quantitative estimate of drug-likeness (QED) is 0.919. The van der Waals surface area contributed by atoms with Gasteiger partial charge in [-0.25, -0.2) is 8.78 Å². The van der Waals surface area contributed by atoms with Crippen LogP contribution >= 0.6 is 0 Å². The van der Waals surface area contributed by atoms with Gasteiger partial charge in [-0.2, -0.15) is 0 Å². The monoisotopic (exact) mass is 283 g/mol. The topological polar surface area (TPSA) is 40.5 Å². The highest BCUT2D eigenvalue weighted by molar-refractivity contribution is 5.76. The van der Waals surface area contributed by atoms with Crippen molar-refractivity contribution in [3.8, 4) is 0 Å². The molecule has 0 aliphatic carbocycles. The number of aliphatic hydroxyl groups excluding tert-OH is 1. The van der Waals surface area contributed by atoms with Crippen molar-refractivity contribution in [3.63, 3.8) is 0 Å². The van der Waals surface area contributed by atoms with Gasteiger partial charge in [-0.3, -0.25) is 4.79 Å². The minimum Gasteiger partial charge on any atom is -0.396 e. The lowest BCUT2D eigenvalue weighted by Crippen LogP contribution is -2.39. The van der Waals surface area contributed by atoms with Crippen LogP contribution in [0.2, 0.25) is 0 Å². The summed E-state index contributed by atoms with van der Waals surface area (Å²) < 4.78 is 26.5. The number of likely N-dealkylation sites (tertiary alicyclic amines) is 1. The number of piperidine rings is 1. The lowest BCUT2D eigenvalue weighted by Gasteiger charge is -2.31. The minimum atomic E-state index is -0.488.